The number of carbonyl (C=O) groups is 1. The fraction of sp³-hybridized carbons (Fsp3) is 0.250. The van der Waals surface area contributed by atoms with Crippen LogP contribution >= 0.6 is 0 Å². The lowest BCUT2D eigenvalue weighted by atomic mass is 9.88. The molecule has 33 heavy (non-hydrogen) atoms. The number of sulfonamides is 1. The average molecular weight is 473 g/mol. The standard InChI is InChI=1S/C24H25FN2O5S/c1-15(2)20-11-17(25)12-21(16-8-9-26-24(10-16)32-4)22(20)14-23(28)27-33(29,30)19-7-5-6-18(13-19)31-3/h5-13,15H,14H2,1-4H3,(H,27,28). The molecule has 3 rings (SSSR count). The first kappa shape index (κ1) is 24.2. The molecular weight excluding hydrogens is 447 g/mol. The summed E-state index contributed by atoms with van der Waals surface area (Å²) in [6.07, 6.45) is 1.25. The van der Waals surface area contributed by atoms with Gasteiger partial charge in [-0.2, -0.15) is 0 Å². The number of nitrogens with one attached hydrogen (secondary N) is 1. The van der Waals surface area contributed by atoms with Gasteiger partial charge in [-0.05, 0) is 58.5 Å². The predicted octanol–water partition coefficient (Wildman–Crippen LogP) is 4.08. The Balaban J connectivity index is 2.00. The minimum absolute atomic E-state index is 0.0996. The van der Waals surface area contributed by atoms with Crippen LogP contribution in [0.2, 0.25) is 0 Å². The molecule has 174 valence electrons. The number of nitrogens with zero attached hydrogens (tertiary/aromatic N) is 1. The summed E-state index contributed by atoms with van der Waals surface area (Å²) >= 11 is 0. The Morgan fingerprint density at radius 1 is 1.09 bits per heavy atom. The van der Waals surface area contributed by atoms with Gasteiger partial charge in [-0.3, -0.25) is 4.79 Å². The van der Waals surface area contributed by atoms with Crippen molar-refractivity contribution in [1.29, 1.82) is 0 Å². The van der Waals surface area contributed by atoms with Crippen LogP contribution in [-0.4, -0.2) is 33.5 Å². The first-order valence-corrected chi connectivity index (χ1v) is 11.7. The molecule has 1 amide bonds. The Hall–Kier alpha value is -3.46. The summed E-state index contributed by atoms with van der Waals surface area (Å²) in [5.41, 5.74) is 2.20. The smallest absolute Gasteiger partial charge is 0.264 e. The molecule has 0 bridgehead atoms. The Morgan fingerprint density at radius 2 is 1.85 bits per heavy atom. The van der Waals surface area contributed by atoms with Crippen molar-refractivity contribution in [3.8, 4) is 22.8 Å². The van der Waals surface area contributed by atoms with Gasteiger partial charge in [0.1, 0.15) is 11.6 Å². The van der Waals surface area contributed by atoms with Gasteiger partial charge in [-0.1, -0.05) is 19.9 Å². The van der Waals surface area contributed by atoms with E-state index in [4.69, 9.17) is 9.47 Å². The number of benzene rings is 2. The number of halogens is 1. The fourth-order valence-electron chi connectivity index (χ4n) is 3.49. The number of carbonyl (C=O) groups excluding carboxylic acids is 1. The Bertz CT molecular complexity index is 1280. The molecule has 0 atom stereocenters. The molecule has 0 aliphatic rings. The highest BCUT2D eigenvalue weighted by atomic mass is 32.2. The van der Waals surface area contributed by atoms with Crippen molar-refractivity contribution in [2.24, 2.45) is 0 Å². The van der Waals surface area contributed by atoms with Crippen molar-refractivity contribution in [2.75, 3.05) is 14.2 Å². The highest BCUT2D eigenvalue weighted by Gasteiger charge is 2.22. The highest BCUT2D eigenvalue weighted by molar-refractivity contribution is 7.90. The van der Waals surface area contributed by atoms with Crippen molar-refractivity contribution in [1.82, 2.24) is 9.71 Å². The van der Waals surface area contributed by atoms with Crippen molar-refractivity contribution >= 4 is 15.9 Å². The molecular formula is C24H25FN2O5S. The monoisotopic (exact) mass is 472 g/mol. The number of methoxy groups -OCH3 is 2. The third-order valence-electron chi connectivity index (χ3n) is 5.06. The van der Waals surface area contributed by atoms with E-state index >= 15 is 0 Å². The number of aromatic nitrogens is 1. The van der Waals surface area contributed by atoms with Crippen LogP contribution in [0.25, 0.3) is 11.1 Å². The van der Waals surface area contributed by atoms with E-state index in [0.29, 0.717) is 33.9 Å². The van der Waals surface area contributed by atoms with Crippen LogP contribution in [0.5, 0.6) is 11.6 Å². The van der Waals surface area contributed by atoms with E-state index in [1.54, 1.807) is 18.2 Å². The van der Waals surface area contributed by atoms with Crippen LogP contribution in [0, 0.1) is 5.82 Å². The van der Waals surface area contributed by atoms with Crippen LogP contribution in [0.3, 0.4) is 0 Å². The Kier molecular flexibility index (Phi) is 7.33. The molecule has 0 saturated carbocycles. The van der Waals surface area contributed by atoms with Crippen LogP contribution in [0.15, 0.2) is 59.6 Å². The molecule has 0 unspecified atom stereocenters. The van der Waals surface area contributed by atoms with Gasteiger partial charge in [-0.15, -0.1) is 0 Å². The van der Waals surface area contributed by atoms with Crippen molar-refractivity contribution in [3.63, 3.8) is 0 Å². The van der Waals surface area contributed by atoms with Gasteiger partial charge in [0.25, 0.3) is 10.0 Å². The normalized spacial score (nSPS) is 11.3. The van der Waals surface area contributed by atoms with E-state index in [2.05, 4.69) is 9.71 Å². The summed E-state index contributed by atoms with van der Waals surface area (Å²) in [5.74, 6) is -0.633. The molecule has 0 aliphatic heterocycles. The van der Waals surface area contributed by atoms with E-state index in [0.717, 1.165) is 0 Å². The number of hydrogen-bond donors (Lipinski definition) is 1. The van der Waals surface area contributed by atoms with Gasteiger partial charge in [0.15, 0.2) is 0 Å². The molecule has 3 aromatic rings. The first-order chi connectivity index (χ1) is 15.6. The Morgan fingerprint density at radius 3 is 2.52 bits per heavy atom. The molecule has 7 nitrogen and oxygen atoms in total. The van der Waals surface area contributed by atoms with Gasteiger partial charge in [-0.25, -0.2) is 22.5 Å². The number of rotatable bonds is 8. The maximum absolute atomic E-state index is 14.5. The average Bonchev–Trinajstić information content (AvgIpc) is 2.79. The fourth-order valence-corrected chi connectivity index (χ4v) is 4.51. The van der Waals surface area contributed by atoms with E-state index in [1.165, 1.54) is 50.7 Å². The lowest BCUT2D eigenvalue weighted by molar-refractivity contribution is -0.118. The number of ether oxygens (including phenoxy) is 2. The lowest BCUT2D eigenvalue weighted by Gasteiger charge is -2.18. The van der Waals surface area contributed by atoms with Crippen molar-refractivity contribution in [3.05, 3.63) is 71.7 Å². The quantitative estimate of drug-likeness (QED) is 0.531. The number of pyridine rings is 1. The molecule has 1 aromatic heterocycles. The molecule has 0 saturated heterocycles. The first-order valence-electron chi connectivity index (χ1n) is 10.2. The third-order valence-corrected chi connectivity index (χ3v) is 6.43. The topological polar surface area (TPSA) is 94.6 Å². The summed E-state index contributed by atoms with van der Waals surface area (Å²) < 4.78 is 52.3. The molecule has 0 radical (unpaired) electrons. The van der Waals surface area contributed by atoms with Crippen LogP contribution in [0.1, 0.15) is 30.9 Å². The summed E-state index contributed by atoms with van der Waals surface area (Å²) in [7, 11) is -1.24. The third kappa shape index (κ3) is 5.67. The SMILES string of the molecule is COc1cccc(S(=O)(=O)NC(=O)Cc2c(-c3ccnc(OC)c3)cc(F)cc2C(C)C)c1. The van der Waals surface area contributed by atoms with E-state index in [9.17, 15) is 17.6 Å². The summed E-state index contributed by atoms with van der Waals surface area (Å²) in [6, 6.07) is 11.8. The molecule has 1 N–H and O–H groups in total. The predicted molar refractivity (Wildman–Crippen MR) is 122 cm³/mol. The number of amides is 1. The second kappa shape index (κ2) is 9.99. The van der Waals surface area contributed by atoms with Gasteiger partial charge in [0.2, 0.25) is 11.8 Å². The second-order valence-corrected chi connectivity index (χ2v) is 9.33. The van der Waals surface area contributed by atoms with Gasteiger partial charge < -0.3 is 9.47 Å². The molecule has 2 aromatic carbocycles. The van der Waals surface area contributed by atoms with Crippen molar-refractivity contribution in [2.45, 2.75) is 31.1 Å². The van der Waals surface area contributed by atoms with Crippen LogP contribution in [0.4, 0.5) is 4.39 Å². The van der Waals surface area contributed by atoms with Gasteiger partial charge >= 0.3 is 0 Å². The Labute approximate surface area is 192 Å². The summed E-state index contributed by atoms with van der Waals surface area (Å²) in [6.45, 7) is 3.75. The van der Waals surface area contributed by atoms with Gasteiger partial charge in [0.05, 0.1) is 25.5 Å². The molecule has 9 heteroatoms. The molecule has 0 spiro atoms. The maximum atomic E-state index is 14.5. The summed E-state index contributed by atoms with van der Waals surface area (Å²) in [4.78, 5) is 16.8. The summed E-state index contributed by atoms with van der Waals surface area (Å²) in [5, 5.41) is 0. The van der Waals surface area contributed by atoms with Crippen molar-refractivity contribution < 1.29 is 27.1 Å². The van der Waals surface area contributed by atoms with E-state index < -0.39 is 21.7 Å². The molecule has 0 aliphatic carbocycles. The minimum atomic E-state index is -4.13. The molecule has 1 heterocycles. The zero-order valence-electron chi connectivity index (χ0n) is 18.8. The van der Waals surface area contributed by atoms with E-state index in [-0.39, 0.29) is 17.2 Å². The second-order valence-electron chi connectivity index (χ2n) is 7.65. The lowest BCUT2D eigenvalue weighted by Crippen LogP contribution is -2.32. The maximum Gasteiger partial charge on any atom is 0.264 e. The zero-order valence-corrected chi connectivity index (χ0v) is 19.6. The zero-order chi connectivity index (χ0) is 24.2. The van der Waals surface area contributed by atoms with Gasteiger partial charge in [0, 0.05) is 18.3 Å². The van der Waals surface area contributed by atoms with Crippen LogP contribution < -0.4 is 14.2 Å². The highest BCUT2D eigenvalue weighted by Crippen LogP contribution is 2.33. The van der Waals surface area contributed by atoms with E-state index in [1.807, 2.05) is 13.8 Å². The number of hydrogen-bond acceptors (Lipinski definition) is 6. The molecule has 0 fully saturated rings. The minimum Gasteiger partial charge on any atom is -0.497 e. The largest absolute Gasteiger partial charge is 0.497 e. The van der Waals surface area contributed by atoms with Crippen LogP contribution in [-0.2, 0) is 21.2 Å².